The van der Waals surface area contributed by atoms with Crippen LogP contribution in [0.1, 0.15) is 60.9 Å². The van der Waals surface area contributed by atoms with Crippen molar-refractivity contribution < 1.29 is 24.2 Å². The summed E-state index contributed by atoms with van der Waals surface area (Å²) in [5.74, 6) is 0.366. The fourth-order valence-electron chi connectivity index (χ4n) is 4.47. The number of carboxylic acid groups (broad SMARTS) is 1. The summed E-state index contributed by atoms with van der Waals surface area (Å²) in [6.45, 7) is 0.817. The van der Waals surface area contributed by atoms with Crippen LogP contribution in [0.2, 0.25) is 0 Å². The second kappa shape index (κ2) is 10.3. The molecule has 0 aromatic heterocycles. The number of nitrogens with zero attached hydrogens (tertiary/aromatic N) is 1. The lowest BCUT2D eigenvalue weighted by Gasteiger charge is -2.38. The first-order valence-corrected chi connectivity index (χ1v) is 10.9. The zero-order valence-corrected chi connectivity index (χ0v) is 18.0. The summed E-state index contributed by atoms with van der Waals surface area (Å²) in [7, 11) is 3.44. The summed E-state index contributed by atoms with van der Waals surface area (Å²) < 4.78 is 11.0. The highest BCUT2D eigenvalue weighted by Crippen LogP contribution is 2.32. The number of nitrogens with two attached hydrogens (primary N) is 1. The Morgan fingerprint density at radius 3 is 2.47 bits per heavy atom. The molecular weight excluding hydrogens is 384 g/mol. The first-order chi connectivity index (χ1) is 14.4. The number of benzene rings is 1. The average Bonchev–Trinajstić information content (AvgIpc) is 2.71. The van der Waals surface area contributed by atoms with Gasteiger partial charge >= 0.3 is 5.97 Å². The van der Waals surface area contributed by atoms with E-state index in [9.17, 15) is 14.7 Å². The second-order valence-electron chi connectivity index (χ2n) is 8.68. The van der Waals surface area contributed by atoms with Crippen molar-refractivity contribution >= 4 is 11.9 Å². The molecule has 30 heavy (non-hydrogen) atoms. The Morgan fingerprint density at radius 1 is 1.20 bits per heavy atom. The van der Waals surface area contributed by atoms with E-state index in [1.165, 1.54) is 6.42 Å². The molecule has 0 saturated heterocycles. The summed E-state index contributed by atoms with van der Waals surface area (Å²) in [6, 6.07) is 4.86. The molecule has 1 aromatic rings. The van der Waals surface area contributed by atoms with Gasteiger partial charge in [-0.3, -0.25) is 4.79 Å². The smallest absolute Gasteiger partial charge is 0.336 e. The van der Waals surface area contributed by atoms with E-state index in [4.69, 9.17) is 15.2 Å². The van der Waals surface area contributed by atoms with Crippen LogP contribution in [0.5, 0.6) is 5.75 Å². The van der Waals surface area contributed by atoms with Crippen molar-refractivity contribution in [2.75, 3.05) is 20.8 Å². The Bertz CT molecular complexity index is 741. The maximum absolute atomic E-state index is 12.6. The van der Waals surface area contributed by atoms with Crippen LogP contribution >= 0.6 is 0 Å². The number of carboxylic acids is 1. The Hall–Kier alpha value is -2.12. The third-order valence-electron chi connectivity index (χ3n) is 6.81. The minimum atomic E-state index is -0.970. The molecule has 0 unspecified atom stereocenters. The van der Waals surface area contributed by atoms with Crippen molar-refractivity contribution in [2.24, 2.45) is 17.6 Å². The topological polar surface area (TPSA) is 102 Å². The molecule has 7 heteroatoms. The predicted molar refractivity (Wildman–Crippen MR) is 113 cm³/mol. The van der Waals surface area contributed by atoms with Crippen LogP contribution < -0.4 is 10.5 Å². The molecule has 2 aliphatic carbocycles. The molecule has 3 rings (SSSR count). The van der Waals surface area contributed by atoms with Gasteiger partial charge in [0.15, 0.2) is 0 Å². The lowest BCUT2D eigenvalue weighted by Crippen LogP contribution is -2.52. The van der Waals surface area contributed by atoms with E-state index in [0.717, 1.165) is 38.5 Å². The van der Waals surface area contributed by atoms with E-state index in [2.05, 4.69) is 0 Å². The highest BCUT2D eigenvalue weighted by Gasteiger charge is 2.34. The lowest BCUT2D eigenvalue weighted by atomic mass is 9.78. The van der Waals surface area contributed by atoms with Gasteiger partial charge in [-0.15, -0.1) is 0 Å². The molecule has 0 spiro atoms. The molecule has 1 amide bonds. The van der Waals surface area contributed by atoms with Gasteiger partial charge < -0.3 is 25.2 Å². The summed E-state index contributed by atoms with van der Waals surface area (Å²) in [4.78, 5) is 25.9. The Balaban J connectivity index is 1.44. The number of aromatic carboxylic acids is 1. The van der Waals surface area contributed by atoms with Gasteiger partial charge in [0.2, 0.25) is 5.91 Å². The number of carbonyl (C=O) groups excluding carboxylic acids is 1. The quantitative estimate of drug-likeness (QED) is 0.639. The molecular formula is C23H34N2O5. The zero-order chi connectivity index (χ0) is 21.7. The summed E-state index contributed by atoms with van der Waals surface area (Å²) in [5, 5.41) is 9.36. The number of amides is 1. The molecule has 7 nitrogen and oxygen atoms in total. The third kappa shape index (κ3) is 5.32. The number of hydrogen-bond acceptors (Lipinski definition) is 5. The number of likely N-dealkylation sites (N-methyl/N-ethyl adjacent to an activating group) is 1. The van der Waals surface area contributed by atoms with Crippen molar-refractivity contribution in [2.45, 2.75) is 63.6 Å². The largest absolute Gasteiger partial charge is 0.497 e. The standard InChI is InChI=1S/C23H34N2O5/c1-25(18-4-3-5-18)22(26)21(24)16-8-6-15(7-9-16)13-30-14-17-12-19(29-2)10-11-20(17)23(27)28/h10-12,15-16,18,21H,3-9,13-14,24H2,1-2H3,(H,27,28)/t15?,16?,21-/m0/s1. The van der Waals surface area contributed by atoms with E-state index in [0.29, 0.717) is 29.9 Å². The van der Waals surface area contributed by atoms with Crippen LogP contribution in [0.3, 0.4) is 0 Å². The van der Waals surface area contributed by atoms with Crippen molar-refractivity contribution in [1.82, 2.24) is 4.90 Å². The molecule has 1 atom stereocenters. The molecule has 0 heterocycles. The van der Waals surface area contributed by atoms with Gasteiger partial charge in [0.25, 0.3) is 0 Å². The molecule has 2 saturated carbocycles. The Morgan fingerprint density at radius 2 is 1.90 bits per heavy atom. The molecule has 166 valence electrons. The Kier molecular flexibility index (Phi) is 7.72. The first kappa shape index (κ1) is 22.6. The van der Waals surface area contributed by atoms with Crippen molar-refractivity contribution in [1.29, 1.82) is 0 Å². The van der Waals surface area contributed by atoms with Crippen LogP contribution in [0, 0.1) is 11.8 Å². The molecule has 0 radical (unpaired) electrons. The van der Waals surface area contributed by atoms with Gasteiger partial charge in [-0.05, 0) is 80.5 Å². The third-order valence-corrected chi connectivity index (χ3v) is 6.81. The molecule has 0 bridgehead atoms. The number of methoxy groups -OCH3 is 1. The minimum absolute atomic E-state index is 0.0821. The van der Waals surface area contributed by atoms with Crippen LogP contribution in [0.15, 0.2) is 18.2 Å². The van der Waals surface area contributed by atoms with Crippen LogP contribution in [0.4, 0.5) is 0 Å². The van der Waals surface area contributed by atoms with Gasteiger partial charge in [-0.25, -0.2) is 4.79 Å². The maximum atomic E-state index is 12.6. The normalized spacial score (nSPS) is 22.8. The fraction of sp³-hybridized carbons (Fsp3) is 0.652. The van der Waals surface area contributed by atoms with Crippen LogP contribution in [-0.4, -0.2) is 54.7 Å². The number of hydrogen-bond donors (Lipinski definition) is 2. The summed E-state index contributed by atoms with van der Waals surface area (Å²) >= 11 is 0. The highest BCUT2D eigenvalue weighted by molar-refractivity contribution is 5.89. The second-order valence-corrected chi connectivity index (χ2v) is 8.68. The monoisotopic (exact) mass is 418 g/mol. The first-order valence-electron chi connectivity index (χ1n) is 10.9. The predicted octanol–water partition coefficient (Wildman–Crippen LogP) is 3.05. The number of carbonyl (C=O) groups is 2. The van der Waals surface area contributed by atoms with Gasteiger partial charge in [-0.2, -0.15) is 0 Å². The average molecular weight is 419 g/mol. The van der Waals surface area contributed by atoms with E-state index < -0.39 is 12.0 Å². The summed E-state index contributed by atoms with van der Waals surface area (Å²) in [6.07, 6.45) is 7.20. The zero-order valence-electron chi connectivity index (χ0n) is 18.0. The van der Waals surface area contributed by atoms with E-state index >= 15 is 0 Å². The molecule has 1 aromatic carbocycles. The van der Waals surface area contributed by atoms with E-state index in [-0.39, 0.29) is 24.0 Å². The van der Waals surface area contributed by atoms with Gasteiger partial charge in [0.1, 0.15) is 5.75 Å². The fourth-order valence-corrected chi connectivity index (χ4v) is 4.47. The SMILES string of the molecule is COc1ccc(C(=O)O)c(COCC2CCC([C@H](N)C(=O)N(C)C3CCC3)CC2)c1. The maximum Gasteiger partial charge on any atom is 0.336 e. The van der Waals surface area contributed by atoms with Gasteiger partial charge in [0.05, 0.1) is 25.3 Å². The number of rotatable bonds is 9. The van der Waals surface area contributed by atoms with Crippen LogP contribution in [-0.2, 0) is 16.1 Å². The molecule has 2 aliphatic rings. The lowest BCUT2D eigenvalue weighted by molar-refractivity contribution is -0.136. The van der Waals surface area contributed by atoms with E-state index in [1.807, 2.05) is 11.9 Å². The minimum Gasteiger partial charge on any atom is -0.497 e. The van der Waals surface area contributed by atoms with Crippen LogP contribution in [0.25, 0.3) is 0 Å². The van der Waals surface area contributed by atoms with Crippen molar-refractivity contribution in [3.63, 3.8) is 0 Å². The molecule has 3 N–H and O–H groups in total. The Labute approximate surface area is 178 Å². The van der Waals surface area contributed by atoms with Gasteiger partial charge in [0, 0.05) is 19.7 Å². The highest BCUT2D eigenvalue weighted by atomic mass is 16.5. The summed E-state index contributed by atoms with van der Waals surface area (Å²) in [5.41, 5.74) is 7.16. The van der Waals surface area contributed by atoms with Crippen molar-refractivity contribution in [3.05, 3.63) is 29.3 Å². The van der Waals surface area contributed by atoms with E-state index in [1.54, 1.807) is 25.3 Å². The van der Waals surface area contributed by atoms with Gasteiger partial charge in [-0.1, -0.05) is 0 Å². The van der Waals surface area contributed by atoms with Crippen molar-refractivity contribution in [3.8, 4) is 5.75 Å². The molecule has 2 fully saturated rings. The molecule has 0 aliphatic heterocycles. The number of ether oxygens (including phenoxy) is 2.